The first-order valence-corrected chi connectivity index (χ1v) is 5.36. The Morgan fingerprint density at radius 3 is 1.94 bits per heavy atom. The molecule has 92 valence electrons. The molecule has 16 heavy (non-hydrogen) atoms. The maximum Gasteiger partial charge on any atom is 0.287 e. The van der Waals surface area contributed by atoms with Crippen LogP contribution in [0.2, 0.25) is 0 Å². The lowest BCUT2D eigenvalue weighted by Crippen LogP contribution is -2.68. The van der Waals surface area contributed by atoms with Crippen LogP contribution in [0.4, 0.5) is 0 Å². The quantitative estimate of drug-likeness (QED) is 0.465. The van der Waals surface area contributed by atoms with Crippen LogP contribution in [0.3, 0.4) is 0 Å². The molecular weight excluding hydrogens is 240 g/mol. The van der Waals surface area contributed by atoms with Gasteiger partial charge in [0.25, 0.3) is 6.33 Å². The molecule has 0 N–H and O–H groups in total. The van der Waals surface area contributed by atoms with E-state index in [1.54, 1.807) is 17.2 Å². The van der Waals surface area contributed by atoms with Crippen LogP contribution in [0.5, 0.6) is 0 Å². The molecule has 1 rings (SSSR count). The monoisotopic (exact) mass is 252 g/mol. The van der Waals surface area contributed by atoms with Gasteiger partial charge < -0.3 is 0 Å². The number of hydrogen-bond acceptors (Lipinski definition) is 6. The Kier molecular flexibility index (Phi) is 4.97. The maximum absolute atomic E-state index is 8.49. The van der Waals surface area contributed by atoms with Crippen LogP contribution in [-0.2, 0) is 5.54 Å². The van der Waals surface area contributed by atoms with Gasteiger partial charge in [0.1, 0.15) is 11.7 Å². The summed E-state index contributed by atoms with van der Waals surface area (Å²) in [4.78, 5) is 1.44. The summed E-state index contributed by atoms with van der Waals surface area (Å²) in [6, 6.07) is 0. The molecule has 0 bridgehead atoms. The molecule has 0 saturated heterocycles. The second-order valence-electron chi connectivity index (χ2n) is 3.72. The van der Waals surface area contributed by atoms with Gasteiger partial charge in [-0.3, -0.25) is 0 Å². The molecule has 1 heterocycles. The molecule has 8 nitrogen and oxygen atoms in total. The van der Waals surface area contributed by atoms with Crippen LogP contribution >= 0.6 is 0 Å². The van der Waals surface area contributed by atoms with Crippen LogP contribution in [-0.4, -0.2) is 15.1 Å². The van der Waals surface area contributed by atoms with Gasteiger partial charge in [0.15, 0.2) is 0 Å². The van der Waals surface area contributed by atoms with Gasteiger partial charge in [0.2, 0.25) is 0 Å². The van der Waals surface area contributed by atoms with Gasteiger partial charge in [-0.15, -0.1) is 14.9 Å². The molecule has 0 aliphatic rings. The van der Waals surface area contributed by atoms with Crippen LogP contribution in [0, 0.1) is 10.2 Å². The summed E-state index contributed by atoms with van der Waals surface area (Å²) in [5.41, 5.74) is -0.0126. The van der Waals surface area contributed by atoms with Crippen LogP contribution in [0.25, 0.3) is 6.20 Å². The Morgan fingerprint density at radius 1 is 1.31 bits per heavy atom. The fraction of sp³-hybridized carbons (Fsp3) is 0.571. The Hall–Kier alpha value is -1.06. The van der Waals surface area contributed by atoms with E-state index in [2.05, 4.69) is 37.7 Å². The summed E-state index contributed by atoms with van der Waals surface area (Å²) < 4.78 is 35.8. The fourth-order valence-electron chi connectivity index (χ4n) is 0.638. The average Bonchev–Trinajstić information content (AvgIpc) is 2.46. The molecule has 0 aliphatic carbocycles. The Morgan fingerprint density at radius 2 is 1.75 bits per heavy atom. The van der Waals surface area contributed by atoms with Gasteiger partial charge in [-0.25, -0.2) is 18.6 Å². The van der Waals surface area contributed by atoms with Crippen molar-refractivity contribution in [3.63, 3.8) is 0 Å². The molecule has 0 unspecified atom stereocenters. The molecular formula is C7H13ClN4O4. The Balaban J connectivity index is 0.000000385. The molecule has 0 saturated carbocycles. The predicted octanol–water partition coefficient (Wildman–Crippen LogP) is -4.33. The highest BCUT2D eigenvalue weighted by molar-refractivity contribution is 5.06. The van der Waals surface area contributed by atoms with E-state index in [4.69, 9.17) is 18.6 Å². The van der Waals surface area contributed by atoms with Crippen molar-refractivity contribution in [1.82, 2.24) is 15.1 Å². The van der Waals surface area contributed by atoms with Gasteiger partial charge >= 0.3 is 0 Å². The van der Waals surface area contributed by atoms with E-state index in [0.717, 1.165) is 0 Å². The van der Waals surface area contributed by atoms with Crippen LogP contribution in [0.15, 0.2) is 12.9 Å². The fourth-order valence-corrected chi connectivity index (χ4v) is 0.638. The van der Waals surface area contributed by atoms with Gasteiger partial charge in [-0.2, -0.15) is 0 Å². The number of tetrazole rings is 1. The normalized spacial score (nSPS) is 11.7. The maximum atomic E-state index is 8.49. The molecule has 0 spiro atoms. The first kappa shape index (κ1) is 14.9. The van der Waals surface area contributed by atoms with Gasteiger partial charge in [-0.1, -0.05) is 6.58 Å². The summed E-state index contributed by atoms with van der Waals surface area (Å²) in [6.07, 6.45) is 3.24. The molecule has 0 amide bonds. The zero-order chi connectivity index (χ0) is 13.0. The van der Waals surface area contributed by atoms with E-state index < -0.39 is 10.2 Å². The highest BCUT2D eigenvalue weighted by atomic mass is 35.7. The predicted molar refractivity (Wildman–Crippen MR) is 41.6 cm³/mol. The van der Waals surface area contributed by atoms with Gasteiger partial charge in [0.05, 0.1) is 10.3 Å². The summed E-state index contributed by atoms with van der Waals surface area (Å²) >= 11 is 0. The van der Waals surface area contributed by atoms with Crippen LogP contribution < -0.4 is 23.3 Å². The van der Waals surface area contributed by atoms with Crippen molar-refractivity contribution < 1.29 is 33.6 Å². The highest BCUT2D eigenvalue weighted by Crippen LogP contribution is 1.99. The third-order valence-electron chi connectivity index (χ3n) is 1.32. The van der Waals surface area contributed by atoms with E-state index in [1.165, 1.54) is 4.80 Å². The summed E-state index contributed by atoms with van der Waals surface area (Å²) in [7, 11) is -4.94. The lowest BCUT2D eigenvalue weighted by molar-refractivity contribution is -2.00. The van der Waals surface area contributed by atoms with E-state index in [0.29, 0.717) is 0 Å². The molecule has 0 aromatic carbocycles. The molecule has 0 aliphatic heterocycles. The van der Waals surface area contributed by atoms with Crippen LogP contribution in [0.1, 0.15) is 20.8 Å². The van der Waals surface area contributed by atoms with Crippen molar-refractivity contribution in [3.05, 3.63) is 12.9 Å². The van der Waals surface area contributed by atoms with E-state index in [1.807, 2.05) is 0 Å². The minimum absolute atomic E-state index is 0.0126. The topological polar surface area (TPSA) is 127 Å². The first-order valence-electron chi connectivity index (χ1n) is 4.12. The van der Waals surface area contributed by atoms with Crippen molar-refractivity contribution in [2.45, 2.75) is 26.3 Å². The zero-order valence-electron chi connectivity index (χ0n) is 9.16. The van der Waals surface area contributed by atoms with Gasteiger partial charge in [-0.05, 0) is 20.8 Å². The van der Waals surface area contributed by atoms with E-state index in [9.17, 15) is 0 Å². The molecule has 9 heteroatoms. The number of halogens is 1. The lowest BCUT2D eigenvalue weighted by Gasteiger charge is -2.17. The van der Waals surface area contributed by atoms with Crippen molar-refractivity contribution >= 4 is 6.20 Å². The molecule has 0 radical (unpaired) electrons. The molecule has 0 atom stereocenters. The smallest absolute Gasteiger partial charge is 0.222 e. The summed E-state index contributed by atoms with van der Waals surface area (Å²) in [5.74, 6) is 0. The van der Waals surface area contributed by atoms with Crippen molar-refractivity contribution in [1.29, 1.82) is 0 Å². The number of hydrogen-bond donors (Lipinski definition) is 0. The van der Waals surface area contributed by atoms with E-state index >= 15 is 0 Å². The third-order valence-corrected chi connectivity index (χ3v) is 1.32. The number of nitrogens with zero attached hydrogens (tertiary/aromatic N) is 4. The van der Waals surface area contributed by atoms with Gasteiger partial charge in [0, 0.05) is 4.80 Å². The minimum atomic E-state index is -4.94. The third kappa shape index (κ3) is 7.26. The Bertz CT molecular complexity index is 335. The number of aromatic nitrogens is 4. The van der Waals surface area contributed by atoms with Crippen molar-refractivity contribution in [2.24, 2.45) is 0 Å². The first-order chi connectivity index (χ1) is 7.04. The minimum Gasteiger partial charge on any atom is -0.222 e. The number of rotatable bonds is 1. The van der Waals surface area contributed by atoms with Crippen molar-refractivity contribution in [2.75, 3.05) is 0 Å². The molecule has 0 fully saturated rings. The largest absolute Gasteiger partial charge is 0.287 e. The van der Waals surface area contributed by atoms with E-state index in [-0.39, 0.29) is 5.54 Å². The summed E-state index contributed by atoms with van der Waals surface area (Å²) in [6.45, 7) is 9.74. The van der Waals surface area contributed by atoms with Crippen molar-refractivity contribution in [3.8, 4) is 0 Å². The zero-order valence-corrected chi connectivity index (χ0v) is 9.92. The molecule has 1 aromatic heterocycles. The molecule has 1 aromatic rings. The second-order valence-corrected chi connectivity index (χ2v) is 4.47. The SMILES string of the molecule is C=Cn1nc[n+](C(C)(C)C)n1.[O-][Cl+3]([O-])([O-])[O-]. The average molecular weight is 253 g/mol. The standard InChI is InChI=1S/C7H13N4.ClHO4/c1-5-11-8-6-10(9-11)7(2,3)4;2-1(3,4)5/h5-6H,1H2,2-4H3;(H,2,3,4,5)/q+1;/p-1. The second kappa shape index (κ2) is 5.32. The lowest BCUT2D eigenvalue weighted by atomic mass is 10.1. The highest BCUT2D eigenvalue weighted by Gasteiger charge is 2.20. The Labute approximate surface area is 94.8 Å². The summed E-state index contributed by atoms with van der Waals surface area (Å²) in [5, 5.41) is 8.06.